The van der Waals surface area contributed by atoms with Crippen LogP contribution in [0, 0.1) is 0 Å². The van der Waals surface area contributed by atoms with Crippen molar-refractivity contribution in [1.82, 2.24) is 10.2 Å². The number of hydrogen-bond acceptors (Lipinski definition) is 7. The fraction of sp³-hybridized carbons (Fsp3) is 0.267. The molecule has 2 amide bonds. The Morgan fingerprint density at radius 1 is 1.12 bits per heavy atom. The Morgan fingerprint density at radius 2 is 1.79 bits per heavy atom. The summed E-state index contributed by atoms with van der Waals surface area (Å²) in [5.41, 5.74) is -0.0785. The molecule has 0 saturated carbocycles. The number of carboxylic acids is 1. The van der Waals surface area contributed by atoms with E-state index in [1.54, 1.807) is 6.07 Å². The van der Waals surface area contributed by atoms with E-state index in [9.17, 15) is 19.5 Å². The minimum Gasteiger partial charge on any atom is -0.545 e. The predicted molar refractivity (Wildman–Crippen MR) is 86.6 cm³/mol. The Labute approximate surface area is 141 Å². The van der Waals surface area contributed by atoms with E-state index in [4.69, 9.17) is 0 Å². The zero-order chi connectivity index (χ0) is 17.7. The molecule has 0 saturated heterocycles. The minimum absolute atomic E-state index is 0.0771. The molecule has 0 fully saturated rings. The van der Waals surface area contributed by atoms with Crippen LogP contribution >= 0.6 is 11.3 Å². The molecule has 126 valence electrons. The number of rotatable bonds is 6. The van der Waals surface area contributed by atoms with Crippen LogP contribution in [0.2, 0.25) is 0 Å². The highest BCUT2D eigenvalue weighted by Crippen LogP contribution is 2.22. The maximum Gasteiger partial charge on any atom is 0.235 e. The zero-order valence-electron chi connectivity index (χ0n) is 13.0. The van der Waals surface area contributed by atoms with E-state index in [0.29, 0.717) is 5.13 Å². The van der Waals surface area contributed by atoms with Crippen molar-refractivity contribution in [2.75, 3.05) is 10.6 Å². The molecule has 0 atom stereocenters. The van der Waals surface area contributed by atoms with E-state index in [-0.39, 0.29) is 17.2 Å². The number of carbonyl (C=O) groups excluding carboxylic acids is 3. The van der Waals surface area contributed by atoms with E-state index in [0.717, 1.165) is 5.01 Å². The molecule has 0 unspecified atom stereocenters. The van der Waals surface area contributed by atoms with E-state index in [1.165, 1.54) is 29.5 Å². The first-order chi connectivity index (χ1) is 11.4. The molecule has 2 aromatic rings. The average molecular weight is 347 g/mol. The standard InChI is InChI=1S/C15H16N4O4S/c1-8(2)13-18-19-15(24-13)17-12(21)7-11(20)16-10-6-4-3-5-9(10)14(22)23/h3-6,8H,7H2,1-2H3,(H,16,20)(H,22,23)(H,17,19,21)/p-1. The molecule has 1 heterocycles. The van der Waals surface area contributed by atoms with Gasteiger partial charge < -0.3 is 20.5 Å². The van der Waals surface area contributed by atoms with Crippen LogP contribution in [0.1, 0.15) is 41.6 Å². The molecular weight excluding hydrogens is 332 g/mol. The highest BCUT2D eigenvalue weighted by Gasteiger charge is 2.14. The molecule has 0 bridgehead atoms. The SMILES string of the molecule is CC(C)c1nnc(NC(=O)CC(=O)Nc2ccccc2C(=O)[O-])s1. The summed E-state index contributed by atoms with van der Waals surface area (Å²) in [5.74, 6) is -2.43. The van der Waals surface area contributed by atoms with Crippen molar-refractivity contribution >= 4 is 39.9 Å². The van der Waals surface area contributed by atoms with Crippen LogP contribution in [-0.4, -0.2) is 28.0 Å². The number of para-hydroxylation sites is 1. The number of carboxylic acid groups (broad SMARTS) is 1. The largest absolute Gasteiger partial charge is 0.545 e. The van der Waals surface area contributed by atoms with Crippen molar-refractivity contribution in [3.63, 3.8) is 0 Å². The lowest BCUT2D eigenvalue weighted by atomic mass is 10.2. The fourth-order valence-corrected chi connectivity index (χ4v) is 2.55. The molecule has 1 aromatic carbocycles. The second-order valence-corrected chi connectivity index (χ2v) is 6.22. The Kier molecular flexibility index (Phi) is 5.59. The van der Waals surface area contributed by atoms with Gasteiger partial charge in [-0.1, -0.05) is 43.4 Å². The predicted octanol–water partition coefficient (Wildman–Crippen LogP) is 0.992. The third-order valence-electron chi connectivity index (χ3n) is 2.92. The quantitative estimate of drug-likeness (QED) is 0.751. The lowest BCUT2D eigenvalue weighted by Crippen LogP contribution is -2.26. The van der Waals surface area contributed by atoms with Gasteiger partial charge in [0.25, 0.3) is 0 Å². The van der Waals surface area contributed by atoms with E-state index in [2.05, 4.69) is 20.8 Å². The van der Waals surface area contributed by atoms with Crippen LogP contribution in [0.3, 0.4) is 0 Å². The van der Waals surface area contributed by atoms with Crippen LogP contribution in [0.5, 0.6) is 0 Å². The maximum absolute atomic E-state index is 11.9. The molecule has 2 rings (SSSR count). The van der Waals surface area contributed by atoms with Gasteiger partial charge in [0.2, 0.25) is 16.9 Å². The summed E-state index contributed by atoms with van der Waals surface area (Å²) in [6.07, 6.45) is -0.474. The fourth-order valence-electron chi connectivity index (χ4n) is 1.79. The summed E-state index contributed by atoms with van der Waals surface area (Å²) in [5, 5.41) is 24.7. The number of benzene rings is 1. The van der Waals surface area contributed by atoms with Crippen molar-refractivity contribution in [2.24, 2.45) is 0 Å². The third kappa shape index (κ3) is 4.59. The highest BCUT2D eigenvalue weighted by molar-refractivity contribution is 7.15. The lowest BCUT2D eigenvalue weighted by molar-refractivity contribution is -0.254. The molecule has 2 N–H and O–H groups in total. The van der Waals surface area contributed by atoms with E-state index < -0.39 is 24.2 Å². The number of amides is 2. The topological polar surface area (TPSA) is 124 Å². The highest BCUT2D eigenvalue weighted by atomic mass is 32.1. The van der Waals surface area contributed by atoms with Crippen molar-refractivity contribution < 1.29 is 19.5 Å². The summed E-state index contributed by atoms with van der Waals surface area (Å²) in [7, 11) is 0. The van der Waals surface area contributed by atoms with Gasteiger partial charge in [0.05, 0.1) is 5.97 Å². The normalized spacial score (nSPS) is 10.5. The first-order valence-electron chi connectivity index (χ1n) is 7.10. The Morgan fingerprint density at radius 3 is 2.42 bits per heavy atom. The summed E-state index contributed by atoms with van der Waals surface area (Å²) >= 11 is 1.23. The van der Waals surface area contributed by atoms with Gasteiger partial charge in [-0.2, -0.15) is 0 Å². The van der Waals surface area contributed by atoms with Gasteiger partial charge >= 0.3 is 0 Å². The summed E-state index contributed by atoms with van der Waals surface area (Å²) < 4.78 is 0. The number of hydrogen-bond donors (Lipinski definition) is 2. The molecule has 0 radical (unpaired) electrons. The summed E-state index contributed by atoms with van der Waals surface area (Å²) in [4.78, 5) is 34.7. The monoisotopic (exact) mass is 347 g/mol. The van der Waals surface area contributed by atoms with Crippen LogP contribution in [-0.2, 0) is 9.59 Å². The third-order valence-corrected chi connectivity index (χ3v) is 4.06. The number of carbonyl (C=O) groups is 3. The molecule has 24 heavy (non-hydrogen) atoms. The molecule has 0 aliphatic rings. The molecular formula is C15H15N4O4S-. The Balaban J connectivity index is 1.94. The number of anilines is 2. The summed E-state index contributed by atoms with van der Waals surface area (Å²) in [6, 6.07) is 5.80. The van der Waals surface area contributed by atoms with Gasteiger partial charge in [0, 0.05) is 17.2 Å². The van der Waals surface area contributed by atoms with Crippen LogP contribution in [0.15, 0.2) is 24.3 Å². The minimum atomic E-state index is -1.41. The van der Waals surface area contributed by atoms with Gasteiger partial charge in [-0.3, -0.25) is 9.59 Å². The van der Waals surface area contributed by atoms with Gasteiger partial charge in [0.15, 0.2) is 0 Å². The number of aromatic nitrogens is 2. The van der Waals surface area contributed by atoms with E-state index in [1.807, 2.05) is 13.8 Å². The van der Waals surface area contributed by atoms with Crippen molar-refractivity contribution in [3.05, 3.63) is 34.8 Å². The zero-order valence-corrected chi connectivity index (χ0v) is 13.8. The number of nitrogens with one attached hydrogen (secondary N) is 2. The molecule has 8 nitrogen and oxygen atoms in total. The Bertz CT molecular complexity index is 772. The molecule has 0 aliphatic carbocycles. The van der Waals surface area contributed by atoms with E-state index >= 15 is 0 Å². The van der Waals surface area contributed by atoms with Gasteiger partial charge in [-0.05, 0) is 6.07 Å². The van der Waals surface area contributed by atoms with Crippen LogP contribution in [0.4, 0.5) is 10.8 Å². The Hall–Kier alpha value is -2.81. The van der Waals surface area contributed by atoms with Crippen molar-refractivity contribution in [2.45, 2.75) is 26.2 Å². The summed E-state index contributed by atoms with van der Waals surface area (Å²) in [6.45, 7) is 3.91. The smallest absolute Gasteiger partial charge is 0.235 e. The second kappa shape index (κ2) is 7.64. The van der Waals surface area contributed by atoms with Crippen molar-refractivity contribution in [1.29, 1.82) is 0 Å². The number of nitrogens with zero attached hydrogens (tertiary/aromatic N) is 2. The van der Waals surface area contributed by atoms with Crippen LogP contribution < -0.4 is 15.7 Å². The van der Waals surface area contributed by atoms with Crippen molar-refractivity contribution in [3.8, 4) is 0 Å². The first kappa shape index (κ1) is 17.5. The lowest BCUT2D eigenvalue weighted by Gasteiger charge is -2.11. The molecule has 0 spiro atoms. The second-order valence-electron chi connectivity index (χ2n) is 5.21. The van der Waals surface area contributed by atoms with Crippen LogP contribution in [0.25, 0.3) is 0 Å². The first-order valence-corrected chi connectivity index (χ1v) is 7.92. The molecule has 1 aromatic heterocycles. The van der Waals surface area contributed by atoms with Gasteiger partial charge in [-0.15, -0.1) is 10.2 Å². The average Bonchev–Trinajstić information content (AvgIpc) is 2.95. The van der Waals surface area contributed by atoms with Gasteiger partial charge in [-0.25, -0.2) is 0 Å². The molecule has 0 aliphatic heterocycles. The number of aromatic carboxylic acids is 1. The molecule has 9 heteroatoms. The maximum atomic E-state index is 11.9. The van der Waals surface area contributed by atoms with Gasteiger partial charge in [0.1, 0.15) is 11.4 Å².